The van der Waals surface area contributed by atoms with E-state index in [1.807, 2.05) is 6.07 Å². The van der Waals surface area contributed by atoms with Gasteiger partial charge in [0.15, 0.2) is 11.5 Å². The summed E-state index contributed by atoms with van der Waals surface area (Å²) < 4.78 is 16.4. The van der Waals surface area contributed by atoms with E-state index in [1.165, 1.54) is 22.2 Å². The average Bonchev–Trinajstić information content (AvgIpc) is 3.41. The van der Waals surface area contributed by atoms with Crippen molar-refractivity contribution >= 4 is 33.3 Å². The third-order valence-electron chi connectivity index (χ3n) is 5.58. The molecule has 0 saturated carbocycles. The Morgan fingerprint density at radius 1 is 1.25 bits per heavy atom. The Kier molecular flexibility index (Phi) is 5.64. The van der Waals surface area contributed by atoms with E-state index in [0.717, 1.165) is 35.0 Å². The van der Waals surface area contributed by atoms with Crippen LogP contribution in [0.2, 0.25) is 0 Å². The van der Waals surface area contributed by atoms with Gasteiger partial charge in [0.05, 0.1) is 25.4 Å². The number of fused-ring (bicyclic) bond motifs is 3. The van der Waals surface area contributed by atoms with Gasteiger partial charge in [-0.2, -0.15) is 0 Å². The molecule has 0 saturated heterocycles. The standard InChI is InChI=1S/C22H22N4O4S2/c1-11-4-6-13-16(8-11)32-21-18(13)19(27)23-17(24-21)10-31-22-26-25-20(30-22)12-5-7-14(28-2)15(9-12)29-3/h5,7,9,11H,4,6,8,10H2,1-3H3,(H,23,24,27). The summed E-state index contributed by atoms with van der Waals surface area (Å²) in [4.78, 5) is 22.5. The molecule has 3 aromatic heterocycles. The summed E-state index contributed by atoms with van der Waals surface area (Å²) in [5.74, 6) is 3.27. The minimum Gasteiger partial charge on any atom is -0.493 e. The van der Waals surface area contributed by atoms with E-state index < -0.39 is 0 Å². The summed E-state index contributed by atoms with van der Waals surface area (Å²) in [6.07, 6.45) is 3.10. The number of aromatic nitrogens is 4. The molecule has 3 heterocycles. The number of aryl methyl sites for hydroxylation is 1. The number of hydrogen-bond acceptors (Lipinski definition) is 9. The van der Waals surface area contributed by atoms with Gasteiger partial charge in [0.1, 0.15) is 10.7 Å². The van der Waals surface area contributed by atoms with E-state index in [9.17, 15) is 4.79 Å². The van der Waals surface area contributed by atoms with Gasteiger partial charge in [0.25, 0.3) is 10.8 Å². The number of rotatable bonds is 6. The van der Waals surface area contributed by atoms with Crippen molar-refractivity contribution in [3.05, 3.63) is 44.8 Å². The van der Waals surface area contributed by atoms with Gasteiger partial charge in [-0.1, -0.05) is 18.7 Å². The van der Waals surface area contributed by atoms with Crippen molar-refractivity contribution in [3.8, 4) is 23.0 Å². The molecule has 166 valence electrons. The molecule has 1 aliphatic carbocycles. The molecule has 0 aliphatic heterocycles. The van der Waals surface area contributed by atoms with Crippen molar-refractivity contribution < 1.29 is 13.9 Å². The van der Waals surface area contributed by atoms with Crippen LogP contribution in [0.15, 0.2) is 32.6 Å². The Morgan fingerprint density at radius 3 is 2.91 bits per heavy atom. The molecule has 0 spiro atoms. The van der Waals surface area contributed by atoms with E-state index in [0.29, 0.717) is 40.1 Å². The highest BCUT2D eigenvalue weighted by Crippen LogP contribution is 2.36. The fraction of sp³-hybridized carbons (Fsp3) is 0.364. The van der Waals surface area contributed by atoms with E-state index in [1.54, 1.807) is 37.7 Å². The van der Waals surface area contributed by atoms with Gasteiger partial charge in [-0.15, -0.1) is 21.5 Å². The summed E-state index contributed by atoms with van der Waals surface area (Å²) in [6.45, 7) is 2.26. The van der Waals surface area contributed by atoms with Gasteiger partial charge in [0.2, 0.25) is 5.89 Å². The molecule has 1 N–H and O–H groups in total. The number of ether oxygens (including phenoxy) is 2. The van der Waals surface area contributed by atoms with Crippen molar-refractivity contribution in [2.24, 2.45) is 5.92 Å². The smallest absolute Gasteiger partial charge is 0.277 e. The highest BCUT2D eigenvalue weighted by Gasteiger charge is 2.23. The Balaban J connectivity index is 1.34. The number of methoxy groups -OCH3 is 2. The van der Waals surface area contributed by atoms with Gasteiger partial charge in [-0.3, -0.25) is 4.79 Å². The van der Waals surface area contributed by atoms with Crippen LogP contribution in [0, 0.1) is 5.92 Å². The Morgan fingerprint density at radius 2 is 2.09 bits per heavy atom. The van der Waals surface area contributed by atoms with E-state index in [2.05, 4.69) is 22.1 Å². The fourth-order valence-corrected chi connectivity index (χ4v) is 5.98. The lowest BCUT2D eigenvalue weighted by atomic mass is 9.89. The fourth-order valence-electron chi connectivity index (χ4n) is 3.95. The molecule has 32 heavy (non-hydrogen) atoms. The number of nitrogens with zero attached hydrogens (tertiary/aromatic N) is 3. The molecule has 1 unspecified atom stereocenters. The highest BCUT2D eigenvalue weighted by atomic mass is 32.2. The minimum absolute atomic E-state index is 0.0609. The van der Waals surface area contributed by atoms with Crippen molar-refractivity contribution in [2.75, 3.05) is 14.2 Å². The first kappa shape index (κ1) is 21.0. The molecular formula is C22H22N4O4S2. The SMILES string of the molecule is COc1ccc(-c2nnc(SCc3nc4sc5c(c4c(=O)[nH]3)CCC(C)C5)o2)cc1OC. The van der Waals surface area contributed by atoms with E-state index in [-0.39, 0.29) is 5.56 Å². The number of thioether (sulfide) groups is 1. The van der Waals surface area contributed by atoms with Crippen LogP contribution in [-0.2, 0) is 18.6 Å². The van der Waals surface area contributed by atoms with Crippen LogP contribution in [0.3, 0.4) is 0 Å². The molecular weight excluding hydrogens is 448 g/mol. The quantitative estimate of drug-likeness (QED) is 0.412. The van der Waals surface area contributed by atoms with E-state index in [4.69, 9.17) is 18.9 Å². The first-order chi connectivity index (χ1) is 15.6. The van der Waals surface area contributed by atoms with Crippen molar-refractivity contribution in [2.45, 2.75) is 37.2 Å². The largest absolute Gasteiger partial charge is 0.493 e. The Hall–Kier alpha value is -2.85. The van der Waals surface area contributed by atoms with Gasteiger partial charge < -0.3 is 18.9 Å². The van der Waals surface area contributed by atoms with Crippen LogP contribution in [0.25, 0.3) is 21.7 Å². The summed E-state index contributed by atoms with van der Waals surface area (Å²) in [7, 11) is 3.16. The maximum absolute atomic E-state index is 12.8. The molecule has 0 radical (unpaired) electrons. The van der Waals surface area contributed by atoms with Crippen LogP contribution < -0.4 is 15.0 Å². The number of benzene rings is 1. The summed E-state index contributed by atoms with van der Waals surface area (Å²) in [6, 6.07) is 5.40. The molecule has 8 nitrogen and oxygen atoms in total. The lowest BCUT2D eigenvalue weighted by Gasteiger charge is -2.17. The molecule has 0 amide bonds. The zero-order valence-electron chi connectivity index (χ0n) is 17.9. The first-order valence-corrected chi connectivity index (χ1v) is 12.1. The van der Waals surface area contributed by atoms with Crippen molar-refractivity contribution in [1.82, 2.24) is 20.2 Å². The molecule has 5 rings (SSSR count). The van der Waals surface area contributed by atoms with Crippen molar-refractivity contribution in [1.29, 1.82) is 0 Å². The third kappa shape index (κ3) is 3.88. The minimum atomic E-state index is -0.0609. The molecule has 1 aromatic carbocycles. The number of thiophene rings is 1. The topological polar surface area (TPSA) is 103 Å². The monoisotopic (exact) mass is 470 g/mol. The number of H-pyrrole nitrogens is 1. The van der Waals surface area contributed by atoms with E-state index >= 15 is 0 Å². The van der Waals surface area contributed by atoms with Crippen LogP contribution in [-0.4, -0.2) is 34.4 Å². The third-order valence-corrected chi connectivity index (χ3v) is 7.56. The normalized spacial score (nSPS) is 15.7. The summed E-state index contributed by atoms with van der Waals surface area (Å²) >= 11 is 2.98. The first-order valence-electron chi connectivity index (χ1n) is 10.3. The predicted molar refractivity (Wildman–Crippen MR) is 124 cm³/mol. The second-order valence-corrected chi connectivity index (χ2v) is 9.79. The predicted octanol–water partition coefficient (Wildman–Crippen LogP) is 4.47. The van der Waals surface area contributed by atoms with Gasteiger partial charge >= 0.3 is 0 Å². The number of nitrogens with one attached hydrogen (secondary N) is 1. The molecule has 0 fully saturated rings. The van der Waals surface area contributed by atoms with Crippen LogP contribution in [0.1, 0.15) is 29.6 Å². The summed E-state index contributed by atoms with van der Waals surface area (Å²) in [5.41, 5.74) is 1.86. The zero-order valence-corrected chi connectivity index (χ0v) is 19.6. The van der Waals surface area contributed by atoms with Crippen LogP contribution in [0.5, 0.6) is 11.5 Å². The molecule has 0 bridgehead atoms. The van der Waals surface area contributed by atoms with Crippen LogP contribution in [0.4, 0.5) is 0 Å². The van der Waals surface area contributed by atoms with Gasteiger partial charge in [0, 0.05) is 10.4 Å². The van der Waals surface area contributed by atoms with Gasteiger partial charge in [-0.25, -0.2) is 4.98 Å². The number of aromatic amines is 1. The average molecular weight is 471 g/mol. The van der Waals surface area contributed by atoms with Crippen LogP contribution >= 0.6 is 23.1 Å². The second kappa shape index (κ2) is 8.59. The maximum atomic E-state index is 12.8. The molecule has 10 heteroatoms. The van der Waals surface area contributed by atoms with Crippen molar-refractivity contribution in [3.63, 3.8) is 0 Å². The lowest BCUT2D eigenvalue weighted by molar-refractivity contribution is 0.355. The zero-order chi connectivity index (χ0) is 22.2. The molecule has 1 aliphatic rings. The maximum Gasteiger partial charge on any atom is 0.277 e. The van der Waals surface area contributed by atoms with Gasteiger partial charge in [-0.05, 0) is 48.9 Å². The lowest BCUT2D eigenvalue weighted by Crippen LogP contribution is -2.14. The summed E-state index contributed by atoms with van der Waals surface area (Å²) in [5, 5.41) is 9.40. The second-order valence-electron chi connectivity index (χ2n) is 7.78. The molecule has 4 aromatic rings. The highest BCUT2D eigenvalue weighted by molar-refractivity contribution is 7.98. The Labute approximate surface area is 192 Å². The Bertz CT molecular complexity index is 1340. The number of hydrogen-bond donors (Lipinski definition) is 1. The molecule has 1 atom stereocenters.